The van der Waals surface area contributed by atoms with E-state index < -0.39 is 5.41 Å². The van der Waals surface area contributed by atoms with Gasteiger partial charge in [0.2, 0.25) is 0 Å². The first-order chi connectivity index (χ1) is 17.2. The maximum absolute atomic E-state index is 9.13. The average Bonchev–Trinajstić information content (AvgIpc) is 2.93. The van der Waals surface area contributed by atoms with Gasteiger partial charge in [0.05, 0.1) is 18.6 Å². The van der Waals surface area contributed by atoms with Crippen LogP contribution in [0.25, 0.3) is 0 Å². The summed E-state index contributed by atoms with van der Waals surface area (Å²) in [6.45, 7) is 2.75. The van der Waals surface area contributed by atoms with Crippen LogP contribution in [0.3, 0.4) is 0 Å². The Hall–Kier alpha value is -3.60. The fraction of sp³-hybridized carbons (Fsp3) is 0.226. The zero-order valence-corrected chi connectivity index (χ0v) is 20.0. The van der Waals surface area contributed by atoms with Gasteiger partial charge in [0, 0.05) is 0 Å². The molecule has 0 aliphatic carbocycles. The molecule has 4 aromatic rings. The minimum absolute atomic E-state index is 0.0224. The van der Waals surface area contributed by atoms with Crippen molar-refractivity contribution >= 4 is 0 Å². The van der Waals surface area contributed by atoms with Crippen molar-refractivity contribution < 1.29 is 19.7 Å². The summed E-state index contributed by atoms with van der Waals surface area (Å²) in [5, 5.41) is 18.3. The smallest absolute Gasteiger partial charge is 0.119 e. The zero-order valence-electron chi connectivity index (χ0n) is 20.0. The van der Waals surface area contributed by atoms with E-state index in [1.807, 2.05) is 36.4 Å². The number of ether oxygens (including phenoxy) is 2. The predicted octanol–water partition coefficient (Wildman–Crippen LogP) is 5.57. The van der Waals surface area contributed by atoms with Crippen LogP contribution >= 0.6 is 0 Å². The predicted molar refractivity (Wildman–Crippen MR) is 139 cm³/mol. The number of rotatable bonds is 11. The molecule has 2 N–H and O–H groups in total. The second-order valence-corrected chi connectivity index (χ2v) is 8.50. The molecular formula is C31H32O4. The molecule has 0 bridgehead atoms. The van der Waals surface area contributed by atoms with Crippen molar-refractivity contribution in [2.45, 2.75) is 18.3 Å². The largest absolute Gasteiger partial charge is 0.491 e. The molecule has 0 amide bonds. The van der Waals surface area contributed by atoms with E-state index in [0.29, 0.717) is 0 Å². The molecule has 0 fully saturated rings. The summed E-state index contributed by atoms with van der Waals surface area (Å²) in [6, 6.07) is 37.5. The Morgan fingerprint density at radius 3 is 1.40 bits per heavy atom. The summed E-state index contributed by atoms with van der Waals surface area (Å²) in [5.74, 6) is 1.55. The highest BCUT2D eigenvalue weighted by molar-refractivity contribution is 5.55. The van der Waals surface area contributed by atoms with E-state index in [1.165, 1.54) is 11.1 Å². The highest BCUT2D eigenvalue weighted by Crippen LogP contribution is 2.50. The quantitative estimate of drug-likeness (QED) is 0.283. The van der Waals surface area contributed by atoms with Gasteiger partial charge in [-0.2, -0.15) is 0 Å². The maximum Gasteiger partial charge on any atom is 0.119 e. The third-order valence-corrected chi connectivity index (χ3v) is 6.52. The molecule has 1 atom stereocenters. The molecule has 0 saturated heterocycles. The van der Waals surface area contributed by atoms with E-state index in [2.05, 4.69) is 79.7 Å². The van der Waals surface area contributed by atoms with Gasteiger partial charge in [0.1, 0.15) is 24.7 Å². The second kappa shape index (κ2) is 11.7. The van der Waals surface area contributed by atoms with Crippen LogP contribution in [-0.2, 0) is 5.41 Å². The van der Waals surface area contributed by atoms with Crippen molar-refractivity contribution in [1.29, 1.82) is 0 Å². The highest BCUT2D eigenvalue weighted by Gasteiger charge is 2.42. The van der Waals surface area contributed by atoms with E-state index in [1.54, 1.807) is 0 Å². The van der Waals surface area contributed by atoms with Gasteiger partial charge in [-0.3, -0.25) is 0 Å². The molecule has 0 saturated carbocycles. The summed E-state index contributed by atoms with van der Waals surface area (Å²) in [6.07, 6.45) is 0. The lowest BCUT2D eigenvalue weighted by Crippen LogP contribution is -2.35. The first kappa shape index (κ1) is 24.5. The van der Waals surface area contributed by atoms with Crippen molar-refractivity contribution in [3.8, 4) is 11.5 Å². The van der Waals surface area contributed by atoms with E-state index in [-0.39, 0.29) is 32.3 Å². The van der Waals surface area contributed by atoms with Gasteiger partial charge in [-0.05, 0) is 52.4 Å². The molecule has 4 nitrogen and oxygen atoms in total. The molecule has 0 radical (unpaired) electrons. The Morgan fingerprint density at radius 1 is 0.571 bits per heavy atom. The van der Waals surface area contributed by atoms with Crippen LogP contribution in [0, 0.1) is 0 Å². The van der Waals surface area contributed by atoms with Crippen LogP contribution in [0.1, 0.15) is 35.1 Å². The molecule has 4 rings (SSSR count). The molecule has 35 heavy (non-hydrogen) atoms. The molecule has 4 aromatic carbocycles. The Bertz CT molecular complexity index is 1100. The fourth-order valence-electron chi connectivity index (χ4n) is 4.90. The Labute approximate surface area is 207 Å². The van der Waals surface area contributed by atoms with Gasteiger partial charge in [-0.25, -0.2) is 0 Å². The molecule has 0 heterocycles. The fourth-order valence-corrected chi connectivity index (χ4v) is 4.90. The van der Waals surface area contributed by atoms with Crippen LogP contribution < -0.4 is 9.47 Å². The standard InChI is InChI=1S/C31H32O4/c1-24(25-8-4-2-5-9-25)31(26-10-6-3-7-11-26,27-12-16-29(17-13-27)34-22-20-32)28-14-18-30(19-15-28)35-23-21-33/h2-19,24,32-33H,20-23H2,1H3. The molecule has 0 spiro atoms. The summed E-state index contributed by atoms with van der Waals surface area (Å²) >= 11 is 0. The minimum Gasteiger partial charge on any atom is -0.491 e. The Morgan fingerprint density at radius 2 is 0.971 bits per heavy atom. The number of aliphatic hydroxyl groups excluding tert-OH is 2. The third kappa shape index (κ3) is 5.24. The van der Waals surface area contributed by atoms with Gasteiger partial charge in [-0.1, -0.05) is 91.9 Å². The lowest BCUT2D eigenvalue weighted by Gasteiger charge is -2.42. The molecule has 4 heteroatoms. The topological polar surface area (TPSA) is 58.9 Å². The second-order valence-electron chi connectivity index (χ2n) is 8.50. The van der Waals surface area contributed by atoms with Crippen LogP contribution in [0.4, 0.5) is 0 Å². The molecule has 180 valence electrons. The number of aliphatic hydroxyl groups is 2. The van der Waals surface area contributed by atoms with Crippen molar-refractivity contribution in [2.24, 2.45) is 0 Å². The summed E-state index contributed by atoms with van der Waals surface area (Å²) < 4.78 is 11.3. The number of hydrogen-bond donors (Lipinski definition) is 2. The lowest BCUT2D eigenvalue weighted by molar-refractivity contribution is 0.201. The molecular weight excluding hydrogens is 436 g/mol. The Kier molecular flexibility index (Phi) is 8.19. The van der Waals surface area contributed by atoms with Crippen LogP contribution in [0.5, 0.6) is 11.5 Å². The van der Waals surface area contributed by atoms with Gasteiger partial charge in [0.25, 0.3) is 0 Å². The highest BCUT2D eigenvalue weighted by atomic mass is 16.5. The van der Waals surface area contributed by atoms with Crippen molar-refractivity contribution in [3.63, 3.8) is 0 Å². The normalized spacial score (nSPS) is 12.2. The van der Waals surface area contributed by atoms with Gasteiger partial charge >= 0.3 is 0 Å². The zero-order chi connectivity index (χ0) is 24.5. The summed E-state index contributed by atoms with van der Waals surface area (Å²) in [4.78, 5) is 0. The van der Waals surface area contributed by atoms with E-state index in [4.69, 9.17) is 19.7 Å². The van der Waals surface area contributed by atoms with Crippen LogP contribution in [0.2, 0.25) is 0 Å². The number of hydrogen-bond acceptors (Lipinski definition) is 4. The SMILES string of the molecule is CC(c1ccccc1)C(c1ccccc1)(c1ccc(OCCO)cc1)c1ccc(OCCO)cc1. The van der Waals surface area contributed by atoms with E-state index in [9.17, 15) is 0 Å². The Balaban J connectivity index is 1.92. The first-order valence-electron chi connectivity index (χ1n) is 12.0. The number of benzene rings is 4. The molecule has 0 aliphatic rings. The molecule has 0 aromatic heterocycles. The van der Waals surface area contributed by atoms with Crippen molar-refractivity contribution in [3.05, 3.63) is 131 Å². The van der Waals surface area contributed by atoms with Gasteiger partial charge in [-0.15, -0.1) is 0 Å². The van der Waals surface area contributed by atoms with E-state index >= 15 is 0 Å². The molecule has 0 aliphatic heterocycles. The third-order valence-electron chi connectivity index (χ3n) is 6.52. The maximum atomic E-state index is 9.13. The lowest BCUT2D eigenvalue weighted by atomic mass is 9.60. The molecule has 1 unspecified atom stereocenters. The van der Waals surface area contributed by atoms with Crippen molar-refractivity contribution in [1.82, 2.24) is 0 Å². The average molecular weight is 469 g/mol. The van der Waals surface area contributed by atoms with Crippen LogP contribution in [-0.4, -0.2) is 36.6 Å². The summed E-state index contributed by atoms with van der Waals surface area (Å²) in [7, 11) is 0. The monoisotopic (exact) mass is 468 g/mol. The van der Waals surface area contributed by atoms with Crippen LogP contribution in [0.15, 0.2) is 109 Å². The van der Waals surface area contributed by atoms with Gasteiger partial charge in [0.15, 0.2) is 0 Å². The van der Waals surface area contributed by atoms with E-state index in [0.717, 1.165) is 22.6 Å². The summed E-state index contributed by atoms with van der Waals surface area (Å²) in [5.41, 5.74) is 4.20. The van der Waals surface area contributed by atoms with Gasteiger partial charge < -0.3 is 19.7 Å². The minimum atomic E-state index is -0.492. The van der Waals surface area contributed by atoms with Crippen molar-refractivity contribution in [2.75, 3.05) is 26.4 Å². The first-order valence-corrected chi connectivity index (χ1v) is 12.0.